The van der Waals surface area contributed by atoms with E-state index in [9.17, 15) is 5.11 Å². The average Bonchev–Trinajstić information content (AvgIpc) is 2.04. The summed E-state index contributed by atoms with van der Waals surface area (Å²) in [4.78, 5) is 0. The maximum absolute atomic E-state index is 9.38. The van der Waals surface area contributed by atoms with E-state index in [0.717, 1.165) is 19.6 Å². The summed E-state index contributed by atoms with van der Waals surface area (Å²) >= 11 is 0. The molecule has 1 rings (SSSR count). The van der Waals surface area contributed by atoms with Crippen LogP contribution in [0.4, 0.5) is 0 Å². The van der Waals surface area contributed by atoms with Crippen LogP contribution in [-0.4, -0.2) is 24.4 Å². The SMILES string of the molecule is CC(O)CC(C)(C)C1CCCOC1. The Morgan fingerprint density at radius 3 is 2.69 bits per heavy atom. The van der Waals surface area contributed by atoms with Crippen LogP contribution >= 0.6 is 0 Å². The van der Waals surface area contributed by atoms with Crippen molar-refractivity contribution in [3.8, 4) is 0 Å². The highest BCUT2D eigenvalue weighted by atomic mass is 16.5. The van der Waals surface area contributed by atoms with Gasteiger partial charge in [0.2, 0.25) is 0 Å². The van der Waals surface area contributed by atoms with Crippen molar-refractivity contribution >= 4 is 0 Å². The van der Waals surface area contributed by atoms with Gasteiger partial charge in [-0.2, -0.15) is 0 Å². The minimum Gasteiger partial charge on any atom is -0.393 e. The van der Waals surface area contributed by atoms with Crippen molar-refractivity contribution in [3.63, 3.8) is 0 Å². The number of aliphatic hydroxyl groups excluding tert-OH is 1. The second kappa shape index (κ2) is 4.43. The summed E-state index contributed by atoms with van der Waals surface area (Å²) in [5, 5.41) is 9.38. The van der Waals surface area contributed by atoms with E-state index in [4.69, 9.17) is 4.74 Å². The van der Waals surface area contributed by atoms with Crippen LogP contribution in [0.5, 0.6) is 0 Å². The number of aliphatic hydroxyl groups is 1. The van der Waals surface area contributed by atoms with Crippen molar-refractivity contribution in [2.24, 2.45) is 11.3 Å². The first-order valence-corrected chi connectivity index (χ1v) is 5.28. The van der Waals surface area contributed by atoms with Gasteiger partial charge in [-0.1, -0.05) is 13.8 Å². The Kier molecular flexibility index (Phi) is 3.74. The summed E-state index contributed by atoms with van der Waals surface area (Å²) in [6, 6.07) is 0. The van der Waals surface area contributed by atoms with Gasteiger partial charge in [-0.3, -0.25) is 0 Å². The van der Waals surface area contributed by atoms with Gasteiger partial charge in [-0.05, 0) is 37.5 Å². The van der Waals surface area contributed by atoms with Gasteiger partial charge in [0.25, 0.3) is 0 Å². The molecule has 1 aliphatic rings. The zero-order valence-electron chi connectivity index (χ0n) is 9.05. The standard InChI is InChI=1S/C11H22O2/c1-9(12)7-11(2,3)10-5-4-6-13-8-10/h9-10,12H,4-8H2,1-3H3. The molecule has 1 N–H and O–H groups in total. The van der Waals surface area contributed by atoms with Crippen molar-refractivity contribution in [2.45, 2.75) is 46.1 Å². The monoisotopic (exact) mass is 186 g/mol. The molecule has 1 aliphatic heterocycles. The smallest absolute Gasteiger partial charge is 0.0517 e. The van der Waals surface area contributed by atoms with Crippen LogP contribution in [0.25, 0.3) is 0 Å². The van der Waals surface area contributed by atoms with E-state index < -0.39 is 0 Å². The summed E-state index contributed by atoms with van der Waals surface area (Å²) in [5.74, 6) is 0.621. The van der Waals surface area contributed by atoms with E-state index in [1.54, 1.807) is 0 Å². The Morgan fingerprint density at radius 1 is 1.54 bits per heavy atom. The molecule has 0 radical (unpaired) electrons. The van der Waals surface area contributed by atoms with Gasteiger partial charge in [0.1, 0.15) is 0 Å². The maximum atomic E-state index is 9.38. The first-order valence-electron chi connectivity index (χ1n) is 5.28. The third-order valence-electron chi connectivity index (χ3n) is 3.09. The van der Waals surface area contributed by atoms with Gasteiger partial charge in [-0.15, -0.1) is 0 Å². The van der Waals surface area contributed by atoms with Crippen LogP contribution in [-0.2, 0) is 4.74 Å². The Labute approximate surface area is 81.3 Å². The molecular weight excluding hydrogens is 164 g/mol. The molecule has 0 saturated carbocycles. The Morgan fingerprint density at radius 2 is 2.23 bits per heavy atom. The summed E-state index contributed by atoms with van der Waals surface area (Å²) in [6.45, 7) is 8.13. The van der Waals surface area contributed by atoms with Crippen LogP contribution in [0, 0.1) is 11.3 Å². The van der Waals surface area contributed by atoms with Crippen molar-refractivity contribution in [2.75, 3.05) is 13.2 Å². The fourth-order valence-electron chi connectivity index (χ4n) is 2.29. The molecule has 2 nitrogen and oxygen atoms in total. The highest BCUT2D eigenvalue weighted by Gasteiger charge is 2.31. The lowest BCUT2D eigenvalue weighted by Gasteiger charge is -2.37. The molecular formula is C11H22O2. The topological polar surface area (TPSA) is 29.5 Å². The summed E-state index contributed by atoms with van der Waals surface area (Å²) < 4.78 is 5.47. The van der Waals surface area contributed by atoms with Crippen molar-refractivity contribution in [3.05, 3.63) is 0 Å². The highest BCUT2D eigenvalue weighted by Crippen LogP contribution is 2.36. The second-order valence-electron chi connectivity index (χ2n) is 4.96. The zero-order valence-corrected chi connectivity index (χ0v) is 9.05. The second-order valence-corrected chi connectivity index (χ2v) is 4.96. The molecule has 1 heterocycles. The first kappa shape index (κ1) is 11.0. The molecule has 2 atom stereocenters. The normalized spacial score (nSPS) is 27.2. The molecule has 2 unspecified atom stereocenters. The molecule has 78 valence electrons. The largest absolute Gasteiger partial charge is 0.393 e. The molecule has 0 aliphatic carbocycles. The van der Waals surface area contributed by atoms with Crippen LogP contribution < -0.4 is 0 Å². The van der Waals surface area contributed by atoms with Crippen molar-refractivity contribution < 1.29 is 9.84 Å². The van der Waals surface area contributed by atoms with E-state index in [1.165, 1.54) is 12.8 Å². The van der Waals surface area contributed by atoms with Crippen LogP contribution in [0.1, 0.15) is 40.0 Å². The Hall–Kier alpha value is -0.0800. The molecule has 1 fully saturated rings. The molecule has 0 bridgehead atoms. The predicted octanol–water partition coefficient (Wildman–Crippen LogP) is 2.21. The fourth-order valence-corrected chi connectivity index (χ4v) is 2.29. The lowest BCUT2D eigenvalue weighted by Crippen LogP contribution is -2.33. The number of hydrogen-bond acceptors (Lipinski definition) is 2. The van der Waals surface area contributed by atoms with Crippen molar-refractivity contribution in [1.82, 2.24) is 0 Å². The third-order valence-corrected chi connectivity index (χ3v) is 3.09. The van der Waals surface area contributed by atoms with E-state index in [-0.39, 0.29) is 11.5 Å². The molecule has 13 heavy (non-hydrogen) atoms. The minimum absolute atomic E-state index is 0.197. The molecule has 0 spiro atoms. The first-order chi connectivity index (χ1) is 6.02. The predicted molar refractivity (Wildman–Crippen MR) is 53.6 cm³/mol. The minimum atomic E-state index is -0.197. The van der Waals surface area contributed by atoms with Gasteiger partial charge < -0.3 is 9.84 Å². The van der Waals surface area contributed by atoms with Gasteiger partial charge in [0, 0.05) is 13.2 Å². The van der Waals surface area contributed by atoms with Gasteiger partial charge in [-0.25, -0.2) is 0 Å². The van der Waals surface area contributed by atoms with E-state index in [1.807, 2.05) is 6.92 Å². The average molecular weight is 186 g/mol. The van der Waals surface area contributed by atoms with Gasteiger partial charge in [0.15, 0.2) is 0 Å². The van der Waals surface area contributed by atoms with E-state index in [2.05, 4.69) is 13.8 Å². The molecule has 0 aromatic heterocycles. The van der Waals surface area contributed by atoms with Gasteiger partial charge >= 0.3 is 0 Å². The van der Waals surface area contributed by atoms with E-state index >= 15 is 0 Å². The lowest BCUT2D eigenvalue weighted by atomic mass is 9.73. The highest BCUT2D eigenvalue weighted by molar-refractivity contribution is 4.81. The number of ether oxygens (including phenoxy) is 1. The van der Waals surface area contributed by atoms with Gasteiger partial charge in [0.05, 0.1) is 6.10 Å². The summed E-state index contributed by atoms with van der Waals surface area (Å²) in [7, 11) is 0. The van der Waals surface area contributed by atoms with Crippen LogP contribution in [0.2, 0.25) is 0 Å². The molecule has 0 aromatic carbocycles. The number of hydrogen-bond donors (Lipinski definition) is 1. The van der Waals surface area contributed by atoms with E-state index in [0.29, 0.717) is 5.92 Å². The molecule has 0 aromatic rings. The lowest BCUT2D eigenvalue weighted by molar-refractivity contribution is -0.0137. The molecule has 0 amide bonds. The quantitative estimate of drug-likeness (QED) is 0.732. The van der Waals surface area contributed by atoms with Crippen molar-refractivity contribution in [1.29, 1.82) is 0 Å². The Bertz CT molecular complexity index is 146. The Balaban J connectivity index is 2.45. The molecule has 1 saturated heterocycles. The molecule has 2 heteroatoms. The van der Waals surface area contributed by atoms with Crippen LogP contribution in [0.15, 0.2) is 0 Å². The summed E-state index contributed by atoms with van der Waals surface area (Å²) in [5.41, 5.74) is 0.217. The maximum Gasteiger partial charge on any atom is 0.0517 e. The van der Waals surface area contributed by atoms with Crippen LogP contribution in [0.3, 0.4) is 0 Å². The number of rotatable bonds is 3. The third kappa shape index (κ3) is 3.28. The zero-order chi connectivity index (χ0) is 9.90. The summed E-state index contributed by atoms with van der Waals surface area (Å²) in [6.07, 6.45) is 3.10. The fraction of sp³-hybridized carbons (Fsp3) is 1.00.